The third-order valence-electron chi connectivity index (χ3n) is 0.785. The van der Waals surface area contributed by atoms with E-state index in [1.165, 1.54) is 14.0 Å². The molecule has 0 fully saturated rings. The van der Waals surface area contributed by atoms with E-state index in [2.05, 4.69) is 4.52 Å². The van der Waals surface area contributed by atoms with Crippen LogP contribution < -0.4 is 0 Å². The van der Waals surface area contributed by atoms with Crippen molar-refractivity contribution in [3.8, 4) is 0 Å². The molecule has 2 unspecified atom stereocenters. The first-order valence-electron chi connectivity index (χ1n) is 3.17. The molecule has 0 aliphatic carbocycles. The summed E-state index contributed by atoms with van der Waals surface area (Å²) in [6.45, 7) is 3.48. The molecule has 11 heavy (non-hydrogen) atoms. The molecule has 0 aromatic rings. The van der Waals surface area contributed by atoms with E-state index in [4.69, 9.17) is 20.6 Å². The summed E-state index contributed by atoms with van der Waals surface area (Å²) in [5.74, 6) is 0. The molecule has 0 bridgehead atoms. The topological polar surface area (TPSA) is 44.8 Å². The molecule has 0 rings (SSSR count). The molecule has 0 spiro atoms. The Hall–Kier alpha value is 0.400. The predicted molar refractivity (Wildman–Crippen MR) is 42.6 cm³/mol. The summed E-state index contributed by atoms with van der Waals surface area (Å²) < 4.78 is 25.2. The van der Waals surface area contributed by atoms with E-state index < -0.39 is 13.4 Å². The van der Waals surface area contributed by atoms with Crippen LogP contribution in [0.15, 0.2) is 0 Å². The smallest absolute Gasteiger partial charge is 0.290 e. The molecule has 68 valence electrons. The molecule has 0 saturated carbocycles. The summed E-state index contributed by atoms with van der Waals surface area (Å²) in [5.41, 5.74) is -0.688. The van der Waals surface area contributed by atoms with Crippen LogP contribution in [0.3, 0.4) is 0 Å². The summed E-state index contributed by atoms with van der Waals surface area (Å²) in [7, 11) is -2.14. The summed E-state index contributed by atoms with van der Waals surface area (Å²) >= 11 is 5.42. The van der Waals surface area contributed by atoms with Gasteiger partial charge >= 0.3 is 7.82 Å². The normalized spacial score (nSPS) is 19.3. The average Bonchev–Trinajstić information content (AvgIpc) is 1.87. The summed E-state index contributed by atoms with van der Waals surface area (Å²) in [6.07, 6.45) is 0. The Labute approximate surface area is 71.4 Å². The molecule has 0 amide bonds. The quantitative estimate of drug-likeness (QED) is 0.507. The maximum absolute atomic E-state index is 11.2. The van der Waals surface area contributed by atoms with Crippen LogP contribution in [0.1, 0.15) is 13.8 Å². The summed E-state index contributed by atoms with van der Waals surface area (Å²) in [6, 6.07) is 0. The number of hydrogen-bond donors (Lipinski definition) is 0. The van der Waals surface area contributed by atoms with Gasteiger partial charge in [0.15, 0.2) is 0 Å². The molecule has 0 aliphatic rings. The Morgan fingerprint density at radius 3 is 2.45 bits per heavy atom. The van der Waals surface area contributed by atoms with Crippen molar-refractivity contribution in [3.63, 3.8) is 0 Å². The van der Waals surface area contributed by atoms with Crippen LogP contribution >= 0.6 is 19.4 Å². The van der Waals surface area contributed by atoms with Crippen molar-refractivity contribution in [2.24, 2.45) is 0 Å². The number of phosphoric ester groups is 1. The molecule has 0 aromatic heterocycles. The van der Waals surface area contributed by atoms with Gasteiger partial charge in [0.2, 0.25) is 0 Å². The predicted octanol–water partition coefficient (Wildman–Crippen LogP) is 2.38. The van der Waals surface area contributed by atoms with Gasteiger partial charge in [0.1, 0.15) is 5.56 Å². The molecule has 0 aromatic carbocycles. The van der Waals surface area contributed by atoms with Crippen molar-refractivity contribution in [1.29, 1.82) is 0 Å². The van der Waals surface area contributed by atoms with Crippen LogP contribution in [0.2, 0.25) is 0 Å². The van der Waals surface area contributed by atoms with E-state index in [-0.39, 0.29) is 6.61 Å². The first-order valence-corrected chi connectivity index (χ1v) is 5.06. The lowest BCUT2D eigenvalue weighted by Gasteiger charge is -2.15. The van der Waals surface area contributed by atoms with E-state index in [1.807, 2.05) is 0 Å². The van der Waals surface area contributed by atoms with Crippen LogP contribution in [0.25, 0.3) is 0 Å². The van der Waals surface area contributed by atoms with Crippen LogP contribution in [-0.2, 0) is 18.1 Å². The number of hydrogen-bond acceptors (Lipinski definition) is 4. The third kappa shape index (κ3) is 4.77. The average molecular weight is 203 g/mol. The molecule has 6 heteroatoms. The zero-order valence-electron chi connectivity index (χ0n) is 6.74. The molecule has 0 aliphatic heterocycles. The Kier molecular flexibility index (Phi) is 5.30. The number of phosphoric acid groups is 1. The van der Waals surface area contributed by atoms with Gasteiger partial charge in [0, 0.05) is 7.11 Å². The van der Waals surface area contributed by atoms with Crippen molar-refractivity contribution in [3.05, 3.63) is 0 Å². The Morgan fingerprint density at radius 2 is 2.18 bits per heavy atom. The molecule has 0 saturated heterocycles. The highest BCUT2D eigenvalue weighted by Gasteiger charge is 2.25. The molecular weight excluding hydrogens is 190 g/mol. The number of alkyl halides is 1. The minimum atomic E-state index is -3.39. The fourth-order valence-electron chi connectivity index (χ4n) is 0.462. The van der Waals surface area contributed by atoms with Crippen molar-refractivity contribution >= 4 is 19.4 Å². The minimum Gasteiger partial charge on any atom is -0.290 e. The summed E-state index contributed by atoms with van der Waals surface area (Å²) in [5, 5.41) is 0. The van der Waals surface area contributed by atoms with Gasteiger partial charge in [0.05, 0.1) is 6.61 Å². The van der Waals surface area contributed by atoms with Gasteiger partial charge < -0.3 is 0 Å². The standard InChI is InChI=1S/C5H12ClO4P/c1-4-9-11(7,8-3)10-5(2)6/h5H,4H2,1-3H3. The minimum absolute atomic E-state index is 0.259. The van der Waals surface area contributed by atoms with Gasteiger partial charge in [0.25, 0.3) is 0 Å². The zero-order chi connectivity index (χ0) is 8.91. The van der Waals surface area contributed by atoms with Gasteiger partial charge in [-0.05, 0) is 13.8 Å². The van der Waals surface area contributed by atoms with Gasteiger partial charge in [-0.15, -0.1) is 0 Å². The van der Waals surface area contributed by atoms with Crippen LogP contribution in [0.5, 0.6) is 0 Å². The van der Waals surface area contributed by atoms with Crippen molar-refractivity contribution in [2.45, 2.75) is 19.4 Å². The first kappa shape index (κ1) is 11.4. The highest BCUT2D eigenvalue weighted by molar-refractivity contribution is 7.48. The Balaban J connectivity index is 4.00. The van der Waals surface area contributed by atoms with Crippen molar-refractivity contribution in [2.75, 3.05) is 13.7 Å². The maximum Gasteiger partial charge on any atom is 0.475 e. The fourth-order valence-corrected chi connectivity index (χ4v) is 1.68. The third-order valence-corrected chi connectivity index (χ3v) is 2.59. The van der Waals surface area contributed by atoms with Gasteiger partial charge in [-0.25, -0.2) is 4.57 Å². The highest BCUT2D eigenvalue weighted by atomic mass is 35.5. The van der Waals surface area contributed by atoms with Crippen LogP contribution in [0, 0.1) is 0 Å². The van der Waals surface area contributed by atoms with Gasteiger partial charge in [-0.2, -0.15) is 0 Å². The molecular formula is C5H12ClO4P. The lowest BCUT2D eigenvalue weighted by molar-refractivity contribution is 0.129. The SMILES string of the molecule is CCOP(=O)(OC)OC(C)Cl. The van der Waals surface area contributed by atoms with E-state index in [1.54, 1.807) is 6.92 Å². The van der Waals surface area contributed by atoms with Crippen LogP contribution in [0.4, 0.5) is 0 Å². The van der Waals surface area contributed by atoms with E-state index in [0.717, 1.165) is 0 Å². The fraction of sp³-hybridized carbons (Fsp3) is 1.00. The van der Waals surface area contributed by atoms with E-state index >= 15 is 0 Å². The van der Waals surface area contributed by atoms with Gasteiger partial charge in [-0.1, -0.05) is 11.6 Å². The second-order valence-corrected chi connectivity index (χ2v) is 4.04. The maximum atomic E-state index is 11.2. The molecule has 4 nitrogen and oxygen atoms in total. The molecule has 2 atom stereocenters. The second kappa shape index (κ2) is 5.12. The lowest BCUT2D eigenvalue weighted by atomic mass is 10.9. The number of halogens is 1. The molecule has 0 radical (unpaired) electrons. The molecule has 0 N–H and O–H groups in total. The first-order chi connectivity index (χ1) is 5.04. The van der Waals surface area contributed by atoms with E-state index in [0.29, 0.717) is 0 Å². The monoisotopic (exact) mass is 202 g/mol. The van der Waals surface area contributed by atoms with Gasteiger partial charge in [-0.3, -0.25) is 13.6 Å². The zero-order valence-corrected chi connectivity index (χ0v) is 8.39. The highest BCUT2D eigenvalue weighted by Crippen LogP contribution is 2.49. The largest absolute Gasteiger partial charge is 0.475 e. The number of rotatable bonds is 5. The lowest BCUT2D eigenvalue weighted by Crippen LogP contribution is -2.02. The molecule has 0 heterocycles. The second-order valence-electron chi connectivity index (χ2n) is 1.70. The van der Waals surface area contributed by atoms with Crippen molar-refractivity contribution in [1.82, 2.24) is 0 Å². The Bertz CT molecular complexity index is 149. The Morgan fingerprint density at radius 1 is 1.64 bits per heavy atom. The van der Waals surface area contributed by atoms with Crippen LogP contribution in [-0.4, -0.2) is 19.3 Å². The summed E-state index contributed by atoms with van der Waals surface area (Å²) in [4.78, 5) is 0. The van der Waals surface area contributed by atoms with Crippen molar-refractivity contribution < 1.29 is 18.1 Å². The van der Waals surface area contributed by atoms with E-state index in [9.17, 15) is 4.57 Å².